The van der Waals surface area contributed by atoms with Gasteiger partial charge in [-0.2, -0.15) is 0 Å². The lowest BCUT2D eigenvalue weighted by Gasteiger charge is -2.23. The van der Waals surface area contributed by atoms with E-state index in [4.69, 9.17) is 14.2 Å². The van der Waals surface area contributed by atoms with E-state index in [-0.39, 0.29) is 22.3 Å². The summed E-state index contributed by atoms with van der Waals surface area (Å²) in [5, 5.41) is 20.1. The fraction of sp³-hybridized carbons (Fsp3) is 0.200. The molecule has 2 aliphatic rings. The number of thioether (sulfide) groups is 1. The van der Waals surface area contributed by atoms with Crippen LogP contribution in [0.3, 0.4) is 0 Å². The van der Waals surface area contributed by atoms with Crippen molar-refractivity contribution >= 4 is 45.7 Å². The van der Waals surface area contributed by atoms with Gasteiger partial charge in [0.2, 0.25) is 5.13 Å². The first-order valence-corrected chi connectivity index (χ1v) is 14.9. The standard InChI is InChI=1S/C30H24FN3O6S2/c1-2-38-21-10-5-18(6-11-21)25-24(26(35)19-7-12-22-23(15-19)40-14-13-39-22)27(36)28(37)34(25)29-32-33-30(42-29)41-16-17-3-8-20(31)9-4-17/h3-12,15,25,35H,2,13-14,16H2,1H3/b26-24+. The smallest absolute Gasteiger partial charge is 0.301 e. The molecule has 3 heterocycles. The van der Waals surface area contributed by atoms with E-state index in [2.05, 4.69) is 10.2 Å². The summed E-state index contributed by atoms with van der Waals surface area (Å²) < 4.78 is 30.6. The molecule has 6 rings (SSSR count). The molecule has 12 heteroatoms. The zero-order chi connectivity index (χ0) is 29.2. The third kappa shape index (κ3) is 5.42. The fourth-order valence-electron chi connectivity index (χ4n) is 4.69. The van der Waals surface area contributed by atoms with Crippen LogP contribution >= 0.6 is 23.1 Å². The number of aliphatic hydroxyl groups excluding tert-OH is 1. The van der Waals surface area contributed by atoms with E-state index in [1.165, 1.54) is 28.8 Å². The average molecular weight is 606 g/mol. The van der Waals surface area contributed by atoms with Crippen molar-refractivity contribution in [2.75, 3.05) is 24.7 Å². The highest BCUT2D eigenvalue weighted by Crippen LogP contribution is 2.45. The molecular formula is C30H24FN3O6S2. The number of nitrogens with zero attached hydrogens (tertiary/aromatic N) is 3. The van der Waals surface area contributed by atoms with Gasteiger partial charge in [0, 0.05) is 11.3 Å². The lowest BCUT2D eigenvalue weighted by molar-refractivity contribution is -0.132. The average Bonchev–Trinajstić information content (AvgIpc) is 3.58. The first-order valence-electron chi connectivity index (χ1n) is 13.1. The highest BCUT2D eigenvalue weighted by Gasteiger charge is 2.48. The minimum Gasteiger partial charge on any atom is -0.507 e. The van der Waals surface area contributed by atoms with Crippen molar-refractivity contribution in [2.45, 2.75) is 23.1 Å². The van der Waals surface area contributed by atoms with Gasteiger partial charge >= 0.3 is 5.91 Å². The monoisotopic (exact) mass is 605 g/mol. The lowest BCUT2D eigenvalue weighted by Crippen LogP contribution is -2.29. The molecule has 0 aliphatic carbocycles. The first kappa shape index (κ1) is 27.7. The number of rotatable bonds is 8. The van der Waals surface area contributed by atoms with Gasteiger partial charge in [-0.05, 0) is 60.5 Å². The summed E-state index contributed by atoms with van der Waals surface area (Å²) in [5.41, 5.74) is 1.69. The van der Waals surface area contributed by atoms with Crippen LogP contribution in [0.5, 0.6) is 17.2 Å². The van der Waals surface area contributed by atoms with Crippen LogP contribution in [0.2, 0.25) is 0 Å². The summed E-state index contributed by atoms with van der Waals surface area (Å²) in [4.78, 5) is 28.3. The van der Waals surface area contributed by atoms with E-state index in [1.807, 2.05) is 6.92 Å². The van der Waals surface area contributed by atoms with Crippen molar-refractivity contribution in [1.82, 2.24) is 10.2 Å². The fourth-order valence-corrected chi connectivity index (χ4v) is 6.51. The van der Waals surface area contributed by atoms with Gasteiger partial charge in [0.15, 0.2) is 15.8 Å². The molecule has 1 fully saturated rings. The number of fused-ring (bicyclic) bond motifs is 1. The minimum atomic E-state index is -0.975. The number of halogens is 1. The van der Waals surface area contributed by atoms with Crippen LogP contribution in [-0.2, 0) is 15.3 Å². The van der Waals surface area contributed by atoms with Crippen LogP contribution in [0.15, 0.2) is 76.6 Å². The Morgan fingerprint density at radius 2 is 1.79 bits per heavy atom. The van der Waals surface area contributed by atoms with Crippen molar-refractivity contribution in [3.63, 3.8) is 0 Å². The zero-order valence-electron chi connectivity index (χ0n) is 22.3. The number of ketones is 1. The largest absolute Gasteiger partial charge is 0.507 e. The molecule has 4 aromatic rings. The molecule has 1 N–H and O–H groups in total. The minimum absolute atomic E-state index is 0.0865. The lowest BCUT2D eigenvalue weighted by atomic mass is 9.95. The number of Topliss-reactive ketones (excluding diaryl/α,β-unsaturated/α-hetero) is 1. The Bertz CT molecular complexity index is 1670. The summed E-state index contributed by atoms with van der Waals surface area (Å²) in [7, 11) is 0. The Labute approximate surface area is 248 Å². The van der Waals surface area contributed by atoms with Gasteiger partial charge < -0.3 is 19.3 Å². The molecule has 1 amide bonds. The van der Waals surface area contributed by atoms with Crippen LogP contribution in [0.1, 0.15) is 29.7 Å². The molecule has 1 saturated heterocycles. The summed E-state index contributed by atoms with van der Waals surface area (Å²) >= 11 is 2.53. The first-order chi connectivity index (χ1) is 20.4. The number of hydrogen-bond acceptors (Lipinski definition) is 10. The molecule has 1 unspecified atom stereocenters. The van der Waals surface area contributed by atoms with Gasteiger partial charge in [0.05, 0.1) is 18.2 Å². The summed E-state index contributed by atoms with van der Waals surface area (Å²) in [5.74, 6) is -0.244. The number of carbonyl (C=O) groups is 2. The van der Waals surface area contributed by atoms with Crippen molar-refractivity contribution in [3.05, 3.63) is 94.8 Å². The second kappa shape index (κ2) is 11.8. The highest BCUT2D eigenvalue weighted by molar-refractivity contribution is 8.00. The molecular weight excluding hydrogens is 581 g/mol. The third-order valence-corrected chi connectivity index (χ3v) is 8.77. The normalized spacial score (nSPS) is 17.5. The third-order valence-electron chi connectivity index (χ3n) is 6.64. The number of benzene rings is 3. The van der Waals surface area contributed by atoms with Crippen molar-refractivity contribution < 1.29 is 33.3 Å². The predicted molar refractivity (Wildman–Crippen MR) is 156 cm³/mol. The molecule has 214 valence electrons. The van der Waals surface area contributed by atoms with Crippen LogP contribution in [0, 0.1) is 5.82 Å². The van der Waals surface area contributed by atoms with Gasteiger partial charge in [-0.3, -0.25) is 14.5 Å². The number of anilines is 1. The van der Waals surface area contributed by atoms with Crippen LogP contribution in [0.25, 0.3) is 5.76 Å². The molecule has 1 aromatic heterocycles. The van der Waals surface area contributed by atoms with E-state index < -0.39 is 17.7 Å². The van der Waals surface area contributed by atoms with Crippen LogP contribution in [0.4, 0.5) is 9.52 Å². The van der Waals surface area contributed by atoms with Crippen LogP contribution in [-0.4, -0.2) is 46.8 Å². The molecule has 42 heavy (non-hydrogen) atoms. The topological polar surface area (TPSA) is 111 Å². The SMILES string of the molecule is CCOc1ccc(C2/C(=C(\O)c3ccc4c(c3)OCCO4)C(=O)C(=O)N2c2nnc(SCc3ccc(F)cc3)s2)cc1. The van der Waals surface area contributed by atoms with E-state index in [1.54, 1.807) is 54.6 Å². The van der Waals surface area contributed by atoms with E-state index in [0.29, 0.717) is 58.3 Å². The van der Waals surface area contributed by atoms with Gasteiger partial charge in [0.25, 0.3) is 5.78 Å². The molecule has 0 bridgehead atoms. The number of aromatic nitrogens is 2. The molecule has 0 spiro atoms. The second-order valence-electron chi connectivity index (χ2n) is 9.30. The second-order valence-corrected chi connectivity index (χ2v) is 11.5. The quantitative estimate of drug-likeness (QED) is 0.0880. The van der Waals surface area contributed by atoms with Crippen molar-refractivity contribution in [1.29, 1.82) is 0 Å². The Balaban J connectivity index is 1.38. The zero-order valence-corrected chi connectivity index (χ0v) is 23.9. The Hall–Kier alpha value is -4.42. The maximum Gasteiger partial charge on any atom is 0.301 e. The van der Waals surface area contributed by atoms with Gasteiger partial charge in [0.1, 0.15) is 30.5 Å². The summed E-state index contributed by atoms with van der Waals surface area (Å²) in [6.45, 7) is 3.11. The van der Waals surface area contributed by atoms with E-state index in [0.717, 1.165) is 16.9 Å². The number of carbonyl (C=O) groups excluding carboxylic acids is 2. The van der Waals surface area contributed by atoms with Crippen LogP contribution < -0.4 is 19.1 Å². The van der Waals surface area contributed by atoms with Crippen molar-refractivity contribution in [2.24, 2.45) is 0 Å². The maximum absolute atomic E-state index is 13.5. The summed E-state index contributed by atoms with van der Waals surface area (Å²) in [6.07, 6.45) is 0. The number of hydrogen-bond donors (Lipinski definition) is 1. The number of ether oxygens (including phenoxy) is 3. The van der Waals surface area contributed by atoms with Crippen molar-refractivity contribution in [3.8, 4) is 17.2 Å². The van der Waals surface area contributed by atoms with E-state index in [9.17, 15) is 19.1 Å². The number of aliphatic hydroxyl groups is 1. The number of amides is 1. The predicted octanol–water partition coefficient (Wildman–Crippen LogP) is 5.77. The van der Waals surface area contributed by atoms with Gasteiger partial charge in [-0.1, -0.05) is 47.4 Å². The maximum atomic E-state index is 13.5. The molecule has 2 aliphatic heterocycles. The van der Waals surface area contributed by atoms with Gasteiger partial charge in [-0.25, -0.2) is 4.39 Å². The Morgan fingerprint density at radius 3 is 2.52 bits per heavy atom. The molecule has 0 saturated carbocycles. The van der Waals surface area contributed by atoms with Gasteiger partial charge in [-0.15, -0.1) is 10.2 Å². The van der Waals surface area contributed by atoms with E-state index >= 15 is 0 Å². The summed E-state index contributed by atoms with van der Waals surface area (Å²) in [6, 6.07) is 17.0. The molecule has 1 atom stereocenters. The molecule has 0 radical (unpaired) electrons. The molecule has 9 nitrogen and oxygen atoms in total. The highest BCUT2D eigenvalue weighted by atomic mass is 32.2. The Morgan fingerprint density at radius 1 is 1.05 bits per heavy atom. The Kier molecular flexibility index (Phi) is 7.81. The molecule has 3 aromatic carbocycles.